The number of hydrogen-bond acceptors (Lipinski definition) is 0. The monoisotopic (exact) mass is 522 g/mol. The Morgan fingerprint density at radius 3 is 0.636 bits per heavy atom. The Bertz CT molecular complexity index is 378. The van der Waals surface area contributed by atoms with Gasteiger partial charge in [-0.25, -0.2) is 0 Å². The Hall–Kier alpha value is 1.16. The normalized spacial score (nSPS) is 15.4. The van der Waals surface area contributed by atoms with Crippen LogP contribution in [0.5, 0.6) is 0 Å². The SMILES string of the molecule is C[C](C)(C)[Sn]([CH3])([C]#[C][Sn]([CH3])([C](C)(C)C)[C](C)(C)C)[C](C)(C)C. The molecule has 0 rings (SSSR count). The van der Waals surface area contributed by atoms with Gasteiger partial charge in [-0.3, -0.25) is 0 Å². The predicted octanol–water partition coefficient (Wildman–Crippen LogP) is 7.43. The van der Waals surface area contributed by atoms with E-state index in [9.17, 15) is 0 Å². The average Bonchev–Trinajstić information content (AvgIpc) is 2.18. The van der Waals surface area contributed by atoms with E-state index in [0.29, 0.717) is 13.7 Å². The third-order valence-electron chi connectivity index (χ3n) is 6.56. The summed E-state index contributed by atoms with van der Waals surface area (Å²) in [5.74, 6) is 0. The molecule has 0 heterocycles. The third-order valence-corrected chi connectivity index (χ3v) is 46.4. The van der Waals surface area contributed by atoms with Crippen LogP contribution < -0.4 is 0 Å². The van der Waals surface area contributed by atoms with Gasteiger partial charge >= 0.3 is 151 Å². The topological polar surface area (TPSA) is 0 Å². The van der Waals surface area contributed by atoms with Crippen molar-refractivity contribution in [1.29, 1.82) is 0 Å². The van der Waals surface area contributed by atoms with Gasteiger partial charge in [0.2, 0.25) is 0 Å². The molecule has 0 spiro atoms. The molecular formula is C20H42Sn2. The van der Waals surface area contributed by atoms with Crippen molar-refractivity contribution in [2.75, 3.05) is 0 Å². The summed E-state index contributed by atoms with van der Waals surface area (Å²) in [5, 5.41) is 0. The summed E-state index contributed by atoms with van der Waals surface area (Å²) in [6, 6.07) is 0. The van der Waals surface area contributed by atoms with E-state index >= 15 is 0 Å². The molecule has 0 saturated heterocycles. The summed E-state index contributed by atoms with van der Waals surface area (Å²) in [4.78, 5) is 5.17. The zero-order valence-corrected chi connectivity index (χ0v) is 23.7. The fourth-order valence-corrected chi connectivity index (χ4v) is 31.4. The second-order valence-corrected chi connectivity index (χ2v) is 42.9. The second kappa shape index (κ2) is 6.47. The molecule has 0 saturated carbocycles. The summed E-state index contributed by atoms with van der Waals surface area (Å²) in [5.41, 5.74) is 0. The molecule has 0 aromatic rings. The number of hydrogen-bond donors (Lipinski definition) is 0. The first kappa shape index (κ1) is 23.2. The van der Waals surface area contributed by atoms with Crippen LogP contribution in [0, 0.1) is 7.87 Å². The molecule has 0 radical (unpaired) electrons. The van der Waals surface area contributed by atoms with Crippen LogP contribution in [0.15, 0.2) is 0 Å². The van der Waals surface area contributed by atoms with E-state index < -0.39 is 36.8 Å². The Morgan fingerprint density at radius 1 is 0.409 bits per heavy atom. The van der Waals surface area contributed by atoms with Crippen molar-refractivity contribution in [3.63, 3.8) is 0 Å². The first-order chi connectivity index (χ1) is 9.21. The van der Waals surface area contributed by atoms with Crippen LogP contribution in [0.3, 0.4) is 0 Å². The van der Waals surface area contributed by atoms with Gasteiger partial charge in [0, 0.05) is 0 Å². The van der Waals surface area contributed by atoms with Crippen molar-refractivity contribution in [2.24, 2.45) is 0 Å². The van der Waals surface area contributed by atoms with Gasteiger partial charge in [0.1, 0.15) is 0 Å². The standard InChI is InChI=1S/4C4H9.C2.2CH3.2Sn/c4*1-4(2)3;1-2;;;;/h4*1-3H3;;2*1H3;;. The molecular weight excluding hydrogens is 478 g/mol. The van der Waals surface area contributed by atoms with Crippen molar-refractivity contribution in [1.82, 2.24) is 0 Å². The first-order valence-corrected chi connectivity index (χ1v) is 23.0. The molecule has 0 aromatic heterocycles. The minimum atomic E-state index is -2.62. The molecule has 0 amide bonds. The summed E-state index contributed by atoms with van der Waals surface area (Å²) in [6.07, 6.45) is 0. The van der Waals surface area contributed by atoms with Gasteiger partial charge in [0.25, 0.3) is 0 Å². The van der Waals surface area contributed by atoms with Crippen LogP contribution in [0.25, 0.3) is 0 Å². The molecule has 0 aliphatic rings. The molecule has 0 unspecified atom stereocenters. The molecule has 0 aromatic carbocycles. The number of rotatable bonds is 0. The zero-order valence-electron chi connectivity index (χ0n) is 18.0. The molecule has 2 heteroatoms. The van der Waals surface area contributed by atoms with Crippen molar-refractivity contribution in [3.8, 4) is 7.87 Å². The molecule has 0 N–H and O–H groups in total. The molecule has 0 aliphatic carbocycles. The van der Waals surface area contributed by atoms with Gasteiger partial charge in [0.05, 0.1) is 0 Å². The maximum absolute atomic E-state index is 4.08. The Morgan fingerprint density at radius 2 is 0.545 bits per heavy atom. The van der Waals surface area contributed by atoms with Crippen LogP contribution in [0.2, 0.25) is 23.6 Å². The Balaban J connectivity index is 6.34. The maximum atomic E-state index is 4.08. The summed E-state index contributed by atoms with van der Waals surface area (Å²) < 4.78 is 9.68. The van der Waals surface area contributed by atoms with E-state index in [1.54, 1.807) is 0 Å². The van der Waals surface area contributed by atoms with Gasteiger partial charge in [0.15, 0.2) is 0 Å². The summed E-state index contributed by atoms with van der Waals surface area (Å²) in [7, 11) is 0. The average molecular weight is 520 g/mol. The molecule has 0 bridgehead atoms. The van der Waals surface area contributed by atoms with Crippen molar-refractivity contribution < 1.29 is 0 Å². The van der Waals surface area contributed by atoms with Gasteiger partial charge < -0.3 is 0 Å². The van der Waals surface area contributed by atoms with E-state index in [1.807, 2.05) is 0 Å². The summed E-state index contributed by atoms with van der Waals surface area (Å²) >= 11 is -5.24. The van der Waals surface area contributed by atoms with Crippen LogP contribution in [0.1, 0.15) is 83.1 Å². The molecule has 0 aliphatic heterocycles. The van der Waals surface area contributed by atoms with E-state index in [1.165, 1.54) is 0 Å². The van der Waals surface area contributed by atoms with Crippen LogP contribution in [-0.4, -0.2) is 36.8 Å². The Labute approximate surface area is 150 Å². The van der Waals surface area contributed by atoms with Crippen LogP contribution in [-0.2, 0) is 0 Å². The molecule has 130 valence electrons. The van der Waals surface area contributed by atoms with E-state index in [2.05, 4.69) is 101 Å². The minimum absolute atomic E-state index is 0.377. The van der Waals surface area contributed by atoms with Crippen molar-refractivity contribution in [2.45, 2.75) is 107 Å². The fourth-order valence-electron chi connectivity index (χ4n) is 3.25. The van der Waals surface area contributed by atoms with Crippen LogP contribution in [0.4, 0.5) is 0 Å². The molecule has 22 heavy (non-hydrogen) atoms. The van der Waals surface area contributed by atoms with E-state index in [4.69, 9.17) is 0 Å². The van der Waals surface area contributed by atoms with Gasteiger partial charge in [-0.2, -0.15) is 0 Å². The van der Waals surface area contributed by atoms with Crippen molar-refractivity contribution in [3.05, 3.63) is 0 Å². The quantitative estimate of drug-likeness (QED) is 0.231. The summed E-state index contributed by atoms with van der Waals surface area (Å²) in [6.45, 7) is 29.2. The predicted molar refractivity (Wildman–Crippen MR) is 110 cm³/mol. The van der Waals surface area contributed by atoms with Crippen molar-refractivity contribution >= 4 is 36.8 Å². The van der Waals surface area contributed by atoms with E-state index in [-0.39, 0.29) is 0 Å². The zero-order chi connectivity index (χ0) is 18.4. The Kier molecular flexibility index (Phi) is 6.81. The molecule has 0 atom stereocenters. The fraction of sp³-hybridized carbons (Fsp3) is 0.900. The molecule has 0 fully saturated rings. The molecule has 0 nitrogen and oxygen atoms in total. The van der Waals surface area contributed by atoms with Gasteiger partial charge in [-0.1, -0.05) is 0 Å². The van der Waals surface area contributed by atoms with E-state index in [0.717, 1.165) is 0 Å². The van der Waals surface area contributed by atoms with Gasteiger partial charge in [-0.05, 0) is 0 Å². The first-order valence-electron chi connectivity index (χ1n) is 8.75. The van der Waals surface area contributed by atoms with Gasteiger partial charge in [-0.15, -0.1) is 0 Å². The second-order valence-electron chi connectivity index (χ2n) is 11.5. The van der Waals surface area contributed by atoms with Crippen LogP contribution >= 0.6 is 0 Å². The third kappa shape index (κ3) is 4.41.